The molecule has 0 aromatic carbocycles. The monoisotopic (exact) mass is 270 g/mol. The third-order valence-electron chi connectivity index (χ3n) is 3.92. The van der Waals surface area contributed by atoms with Crippen molar-refractivity contribution in [1.29, 1.82) is 0 Å². The van der Waals surface area contributed by atoms with Gasteiger partial charge in [0.05, 0.1) is 18.6 Å². The molecule has 2 heterocycles. The highest BCUT2D eigenvalue weighted by Gasteiger charge is 2.51. The van der Waals surface area contributed by atoms with Gasteiger partial charge in [0.1, 0.15) is 0 Å². The summed E-state index contributed by atoms with van der Waals surface area (Å²) in [5.41, 5.74) is 0. The lowest BCUT2D eigenvalue weighted by atomic mass is 9.89. The van der Waals surface area contributed by atoms with Crippen LogP contribution in [-0.2, 0) is 9.53 Å². The van der Waals surface area contributed by atoms with Crippen LogP contribution in [0.15, 0.2) is 0 Å². The number of hydrogen-bond acceptors (Lipinski definition) is 3. The fourth-order valence-corrected chi connectivity index (χ4v) is 3.11. The molecule has 0 radical (unpaired) electrons. The number of urea groups is 1. The zero-order chi connectivity index (χ0) is 14.0. The smallest absolute Gasteiger partial charge is 0.318 e. The Morgan fingerprint density at radius 2 is 2.16 bits per heavy atom. The number of aliphatic carboxylic acids is 1. The average molecular weight is 270 g/mol. The first-order valence-corrected chi connectivity index (χ1v) is 6.91. The molecule has 0 spiro atoms. The SMILES string of the molecule is CC(C)OCCNC(=O)N1C2CCC1C(C(=O)O)C2. The highest BCUT2D eigenvalue weighted by molar-refractivity contribution is 5.79. The second-order valence-electron chi connectivity index (χ2n) is 5.54. The van der Waals surface area contributed by atoms with Crippen LogP contribution in [0.5, 0.6) is 0 Å². The van der Waals surface area contributed by atoms with Crippen LogP contribution in [0.2, 0.25) is 0 Å². The lowest BCUT2D eigenvalue weighted by molar-refractivity contribution is -0.142. The maximum atomic E-state index is 12.1. The van der Waals surface area contributed by atoms with Crippen molar-refractivity contribution in [3.63, 3.8) is 0 Å². The van der Waals surface area contributed by atoms with E-state index in [1.807, 2.05) is 13.8 Å². The molecule has 0 saturated carbocycles. The normalized spacial score (nSPS) is 29.0. The number of fused-ring (bicyclic) bond motifs is 2. The van der Waals surface area contributed by atoms with Gasteiger partial charge in [-0.3, -0.25) is 4.79 Å². The van der Waals surface area contributed by atoms with Gasteiger partial charge < -0.3 is 20.1 Å². The topological polar surface area (TPSA) is 78.9 Å². The highest BCUT2D eigenvalue weighted by atomic mass is 16.5. The molecule has 3 unspecified atom stereocenters. The molecule has 0 aliphatic carbocycles. The zero-order valence-electron chi connectivity index (χ0n) is 11.5. The Morgan fingerprint density at radius 3 is 2.74 bits per heavy atom. The lowest BCUT2D eigenvalue weighted by Gasteiger charge is -2.23. The molecule has 2 rings (SSSR count). The summed E-state index contributed by atoms with van der Waals surface area (Å²) in [5.74, 6) is -1.18. The van der Waals surface area contributed by atoms with Crippen molar-refractivity contribution >= 4 is 12.0 Å². The third kappa shape index (κ3) is 3.00. The number of rotatable bonds is 5. The van der Waals surface area contributed by atoms with Crippen LogP contribution in [0.3, 0.4) is 0 Å². The minimum Gasteiger partial charge on any atom is -0.481 e. The first-order chi connectivity index (χ1) is 9.00. The second kappa shape index (κ2) is 5.77. The number of carboxylic acid groups (broad SMARTS) is 1. The van der Waals surface area contributed by atoms with Gasteiger partial charge >= 0.3 is 12.0 Å². The van der Waals surface area contributed by atoms with E-state index in [0.717, 1.165) is 12.8 Å². The van der Waals surface area contributed by atoms with Gasteiger partial charge in [0, 0.05) is 18.6 Å². The number of carbonyl (C=O) groups is 2. The summed E-state index contributed by atoms with van der Waals surface area (Å²) in [6.45, 7) is 4.83. The summed E-state index contributed by atoms with van der Waals surface area (Å²) in [6, 6.07) is -0.186. The van der Waals surface area contributed by atoms with Gasteiger partial charge in [-0.25, -0.2) is 4.79 Å². The van der Waals surface area contributed by atoms with Crippen molar-refractivity contribution in [3.8, 4) is 0 Å². The Bertz CT molecular complexity index is 359. The molecule has 6 heteroatoms. The van der Waals surface area contributed by atoms with Crippen LogP contribution in [0.25, 0.3) is 0 Å². The van der Waals surface area contributed by atoms with E-state index in [-0.39, 0.29) is 24.2 Å². The average Bonchev–Trinajstić information content (AvgIpc) is 2.91. The molecular formula is C13H22N2O4. The number of ether oxygens (including phenoxy) is 1. The number of carboxylic acids is 1. The lowest BCUT2D eigenvalue weighted by Crippen LogP contribution is -2.45. The standard InChI is InChI=1S/C13H22N2O4/c1-8(2)19-6-5-14-13(18)15-9-3-4-11(15)10(7-9)12(16)17/h8-11H,3-7H2,1-2H3,(H,14,18)(H,16,17). The van der Waals surface area contributed by atoms with Crippen LogP contribution in [0.4, 0.5) is 4.79 Å². The Hall–Kier alpha value is -1.30. The van der Waals surface area contributed by atoms with Gasteiger partial charge in [0.2, 0.25) is 0 Å². The second-order valence-corrected chi connectivity index (χ2v) is 5.54. The maximum Gasteiger partial charge on any atom is 0.318 e. The highest BCUT2D eigenvalue weighted by Crippen LogP contribution is 2.41. The van der Waals surface area contributed by atoms with E-state index < -0.39 is 11.9 Å². The fraction of sp³-hybridized carbons (Fsp3) is 0.846. The fourth-order valence-electron chi connectivity index (χ4n) is 3.11. The molecule has 2 bridgehead atoms. The molecule has 2 saturated heterocycles. The van der Waals surface area contributed by atoms with Gasteiger partial charge in [-0.05, 0) is 33.1 Å². The predicted octanol–water partition coefficient (Wildman–Crippen LogP) is 1.06. The van der Waals surface area contributed by atoms with E-state index in [1.165, 1.54) is 0 Å². The van der Waals surface area contributed by atoms with E-state index in [0.29, 0.717) is 19.6 Å². The van der Waals surface area contributed by atoms with E-state index >= 15 is 0 Å². The number of hydrogen-bond donors (Lipinski definition) is 2. The van der Waals surface area contributed by atoms with Crippen molar-refractivity contribution in [2.75, 3.05) is 13.2 Å². The number of nitrogens with one attached hydrogen (secondary N) is 1. The molecule has 2 aliphatic rings. The van der Waals surface area contributed by atoms with E-state index in [2.05, 4.69) is 5.32 Å². The molecule has 0 aromatic rings. The predicted molar refractivity (Wildman–Crippen MR) is 68.9 cm³/mol. The minimum absolute atomic E-state index is 0.0946. The third-order valence-corrected chi connectivity index (χ3v) is 3.92. The summed E-state index contributed by atoms with van der Waals surface area (Å²) in [7, 11) is 0. The molecule has 6 nitrogen and oxygen atoms in total. The largest absolute Gasteiger partial charge is 0.481 e. The van der Waals surface area contributed by atoms with Crippen molar-refractivity contribution in [2.24, 2.45) is 5.92 Å². The summed E-state index contributed by atoms with van der Waals surface area (Å²) in [5, 5.41) is 11.9. The molecule has 3 atom stereocenters. The molecule has 2 N–H and O–H groups in total. The Morgan fingerprint density at radius 1 is 1.42 bits per heavy atom. The van der Waals surface area contributed by atoms with Crippen LogP contribution in [0, 0.1) is 5.92 Å². The number of nitrogens with zero attached hydrogens (tertiary/aromatic N) is 1. The van der Waals surface area contributed by atoms with E-state index in [9.17, 15) is 9.59 Å². The van der Waals surface area contributed by atoms with Crippen molar-refractivity contribution < 1.29 is 19.4 Å². The Kier molecular flexibility index (Phi) is 4.29. The molecule has 108 valence electrons. The van der Waals surface area contributed by atoms with Crippen molar-refractivity contribution in [1.82, 2.24) is 10.2 Å². The summed E-state index contributed by atoms with van der Waals surface area (Å²) in [6.07, 6.45) is 2.47. The first-order valence-electron chi connectivity index (χ1n) is 6.91. The molecule has 2 amide bonds. The van der Waals surface area contributed by atoms with Crippen LogP contribution in [-0.4, -0.2) is 53.3 Å². The quantitative estimate of drug-likeness (QED) is 0.732. The van der Waals surface area contributed by atoms with Crippen LogP contribution >= 0.6 is 0 Å². The van der Waals surface area contributed by atoms with Gasteiger partial charge in [-0.2, -0.15) is 0 Å². The minimum atomic E-state index is -0.784. The van der Waals surface area contributed by atoms with E-state index in [4.69, 9.17) is 9.84 Å². The zero-order valence-corrected chi connectivity index (χ0v) is 11.5. The molecule has 2 fully saturated rings. The van der Waals surface area contributed by atoms with E-state index in [1.54, 1.807) is 4.90 Å². The van der Waals surface area contributed by atoms with Gasteiger partial charge in [-0.15, -0.1) is 0 Å². The van der Waals surface area contributed by atoms with Crippen LogP contribution < -0.4 is 5.32 Å². The van der Waals surface area contributed by atoms with Gasteiger partial charge in [0.25, 0.3) is 0 Å². The summed E-state index contributed by atoms with van der Waals surface area (Å²) >= 11 is 0. The maximum absolute atomic E-state index is 12.1. The number of carbonyl (C=O) groups excluding carboxylic acids is 1. The van der Waals surface area contributed by atoms with Gasteiger partial charge in [0.15, 0.2) is 0 Å². The molecule has 19 heavy (non-hydrogen) atoms. The number of amides is 2. The molecule has 2 aliphatic heterocycles. The first kappa shape index (κ1) is 14.1. The summed E-state index contributed by atoms with van der Waals surface area (Å²) < 4.78 is 5.36. The summed E-state index contributed by atoms with van der Waals surface area (Å²) in [4.78, 5) is 24.9. The van der Waals surface area contributed by atoms with Gasteiger partial charge in [-0.1, -0.05) is 0 Å². The molecular weight excluding hydrogens is 248 g/mol. The Labute approximate surface area is 113 Å². The van der Waals surface area contributed by atoms with Crippen molar-refractivity contribution in [2.45, 2.75) is 51.3 Å². The van der Waals surface area contributed by atoms with Crippen molar-refractivity contribution in [3.05, 3.63) is 0 Å². The molecule has 0 aromatic heterocycles. The van der Waals surface area contributed by atoms with Crippen LogP contribution in [0.1, 0.15) is 33.1 Å². The Balaban J connectivity index is 1.82.